The van der Waals surface area contributed by atoms with E-state index in [0.29, 0.717) is 11.5 Å². The van der Waals surface area contributed by atoms with Crippen molar-refractivity contribution in [3.63, 3.8) is 0 Å². The van der Waals surface area contributed by atoms with Gasteiger partial charge in [-0.05, 0) is 24.3 Å². The first-order valence-electron chi connectivity index (χ1n) is 5.07. The van der Waals surface area contributed by atoms with Crippen LogP contribution in [0.5, 0.6) is 0 Å². The number of aromatic amines is 1. The molecule has 0 bridgehead atoms. The Bertz CT molecular complexity index is 507. The van der Waals surface area contributed by atoms with Crippen LogP contribution in [0.1, 0.15) is 6.92 Å². The molecule has 4 N–H and O–H groups in total. The number of tetrazole rings is 1. The Morgan fingerprint density at radius 2 is 2.35 bits per heavy atom. The van der Waals surface area contributed by atoms with Gasteiger partial charge in [-0.3, -0.25) is 4.79 Å². The van der Waals surface area contributed by atoms with E-state index in [9.17, 15) is 4.79 Å². The minimum atomic E-state index is -0.552. The van der Waals surface area contributed by atoms with E-state index in [4.69, 9.17) is 5.73 Å². The maximum atomic E-state index is 11.4. The van der Waals surface area contributed by atoms with Gasteiger partial charge in [-0.15, -0.1) is 10.2 Å². The smallest absolute Gasteiger partial charge is 0.240 e. The zero-order valence-electron chi connectivity index (χ0n) is 9.21. The van der Waals surface area contributed by atoms with Crippen LogP contribution in [0.15, 0.2) is 24.3 Å². The van der Waals surface area contributed by atoms with Crippen molar-refractivity contribution in [3.05, 3.63) is 24.3 Å². The van der Waals surface area contributed by atoms with Gasteiger partial charge in [-0.1, -0.05) is 12.1 Å². The van der Waals surface area contributed by atoms with E-state index in [2.05, 4.69) is 25.9 Å². The van der Waals surface area contributed by atoms with Gasteiger partial charge in [-0.2, -0.15) is 5.21 Å². The van der Waals surface area contributed by atoms with Gasteiger partial charge in [0.1, 0.15) is 0 Å². The molecule has 0 aliphatic heterocycles. The molecule has 1 atom stereocenters. The Labute approximate surface area is 97.4 Å². The summed E-state index contributed by atoms with van der Waals surface area (Å²) in [5.74, 6) is 0.233. The minimum absolute atomic E-state index is 0.240. The molecule has 2 rings (SSSR count). The minimum Gasteiger partial charge on any atom is -0.325 e. The molecular formula is C10H12N6O. The van der Waals surface area contributed by atoms with E-state index in [1.807, 2.05) is 6.07 Å². The molecular weight excluding hydrogens is 220 g/mol. The molecule has 7 nitrogen and oxygen atoms in total. The van der Waals surface area contributed by atoms with Crippen LogP contribution >= 0.6 is 0 Å². The SMILES string of the molecule is CC(N)C(=O)Nc1cccc(-c2nn[nH]n2)c1. The quantitative estimate of drug-likeness (QED) is 0.698. The molecule has 1 aromatic carbocycles. The summed E-state index contributed by atoms with van der Waals surface area (Å²) in [5.41, 5.74) is 6.88. The lowest BCUT2D eigenvalue weighted by molar-refractivity contribution is -0.117. The molecule has 17 heavy (non-hydrogen) atoms. The maximum Gasteiger partial charge on any atom is 0.240 e. The van der Waals surface area contributed by atoms with Crippen LogP contribution in [-0.4, -0.2) is 32.6 Å². The number of amides is 1. The van der Waals surface area contributed by atoms with Gasteiger partial charge in [-0.25, -0.2) is 0 Å². The van der Waals surface area contributed by atoms with Crippen LogP contribution in [0.3, 0.4) is 0 Å². The van der Waals surface area contributed by atoms with E-state index in [1.165, 1.54) is 0 Å². The molecule has 1 aromatic heterocycles. The number of anilines is 1. The average Bonchev–Trinajstić information content (AvgIpc) is 2.82. The number of nitrogens with zero attached hydrogens (tertiary/aromatic N) is 3. The second-order valence-electron chi connectivity index (χ2n) is 3.59. The van der Waals surface area contributed by atoms with Crippen LogP contribution in [0.2, 0.25) is 0 Å². The first kappa shape index (κ1) is 11.2. The highest BCUT2D eigenvalue weighted by Gasteiger charge is 2.09. The first-order chi connectivity index (χ1) is 8.16. The Morgan fingerprint density at radius 3 is 3.00 bits per heavy atom. The third-order valence-electron chi connectivity index (χ3n) is 2.15. The van der Waals surface area contributed by atoms with E-state index >= 15 is 0 Å². The molecule has 2 aromatic rings. The van der Waals surface area contributed by atoms with Gasteiger partial charge in [0.15, 0.2) is 0 Å². The Balaban J connectivity index is 2.20. The summed E-state index contributed by atoms with van der Waals surface area (Å²) in [4.78, 5) is 11.4. The van der Waals surface area contributed by atoms with Crippen molar-refractivity contribution in [2.75, 3.05) is 5.32 Å². The molecule has 0 radical (unpaired) electrons. The van der Waals surface area contributed by atoms with Crippen LogP contribution < -0.4 is 11.1 Å². The van der Waals surface area contributed by atoms with Crippen LogP contribution in [0.4, 0.5) is 5.69 Å². The zero-order chi connectivity index (χ0) is 12.3. The predicted octanol–water partition coefficient (Wildman–Crippen LogP) is 0.152. The standard InChI is InChI=1S/C10H12N6O/c1-6(11)10(17)12-8-4-2-3-7(5-8)9-13-15-16-14-9/h2-6H,11H2,1H3,(H,12,17)(H,13,14,15,16). The van der Waals surface area contributed by atoms with Crippen molar-refractivity contribution < 1.29 is 4.79 Å². The highest BCUT2D eigenvalue weighted by atomic mass is 16.2. The number of benzene rings is 1. The third-order valence-corrected chi connectivity index (χ3v) is 2.15. The fraction of sp³-hybridized carbons (Fsp3) is 0.200. The van der Waals surface area contributed by atoms with Crippen molar-refractivity contribution in [2.24, 2.45) is 5.73 Å². The number of H-pyrrole nitrogens is 1. The van der Waals surface area contributed by atoms with Gasteiger partial charge >= 0.3 is 0 Å². The van der Waals surface area contributed by atoms with E-state index < -0.39 is 6.04 Å². The summed E-state index contributed by atoms with van der Waals surface area (Å²) in [6, 6.07) is 6.59. The number of carbonyl (C=O) groups is 1. The summed E-state index contributed by atoms with van der Waals surface area (Å²) < 4.78 is 0. The Hall–Kier alpha value is -2.28. The molecule has 0 spiro atoms. The topological polar surface area (TPSA) is 110 Å². The van der Waals surface area contributed by atoms with E-state index in [1.54, 1.807) is 25.1 Å². The molecule has 1 unspecified atom stereocenters. The number of nitrogens with one attached hydrogen (secondary N) is 2. The lowest BCUT2D eigenvalue weighted by Gasteiger charge is -2.08. The summed E-state index contributed by atoms with van der Waals surface area (Å²) in [6.45, 7) is 1.62. The molecule has 0 aliphatic carbocycles. The van der Waals surface area contributed by atoms with E-state index in [-0.39, 0.29) is 5.91 Å². The van der Waals surface area contributed by atoms with Crippen molar-refractivity contribution in [1.29, 1.82) is 0 Å². The molecule has 0 saturated heterocycles. The highest BCUT2D eigenvalue weighted by Crippen LogP contribution is 2.18. The fourth-order valence-electron chi connectivity index (χ4n) is 1.28. The van der Waals surface area contributed by atoms with Gasteiger partial charge in [0.25, 0.3) is 0 Å². The van der Waals surface area contributed by atoms with Crippen LogP contribution in [0.25, 0.3) is 11.4 Å². The van der Waals surface area contributed by atoms with Crippen LogP contribution in [0, 0.1) is 0 Å². The van der Waals surface area contributed by atoms with Crippen molar-refractivity contribution >= 4 is 11.6 Å². The maximum absolute atomic E-state index is 11.4. The number of hydrogen-bond donors (Lipinski definition) is 3. The van der Waals surface area contributed by atoms with Crippen molar-refractivity contribution in [2.45, 2.75) is 13.0 Å². The van der Waals surface area contributed by atoms with Crippen LogP contribution in [-0.2, 0) is 4.79 Å². The Kier molecular flexibility index (Phi) is 3.10. The molecule has 0 aliphatic rings. The summed E-state index contributed by atoms with van der Waals surface area (Å²) >= 11 is 0. The van der Waals surface area contributed by atoms with Gasteiger partial charge in [0, 0.05) is 11.3 Å². The van der Waals surface area contributed by atoms with Crippen molar-refractivity contribution in [3.8, 4) is 11.4 Å². The summed E-state index contributed by atoms with van der Waals surface area (Å²) in [7, 11) is 0. The summed E-state index contributed by atoms with van der Waals surface area (Å²) in [6.07, 6.45) is 0. The molecule has 1 heterocycles. The van der Waals surface area contributed by atoms with E-state index in [0.717, 1.165) is 5.56 Å². The lowest BCUT2D eigenvalue weighted by atomic mass is 10.2. The molecule has 0 saturated carbocycles. The molecule has 0 fully saturated rings. The number of carbonyl (C=O) groups excluding carboxylic acids is 1. The van der Waals surface area contributed by atoms with Gasteiger partial charge in [0.05, 0.1) is 6.04 Å². The Morgan fingerprint density at radius 1 is 1.53 bits per heavy atom. The van der Waals surface area contributed by atoms with Crippen molar-refractivity contribution in [1.82, 2.24) is 20.6 Å². The number of nitrogens with two attached hydrogens (primary N) is 1. The van der Waals surface area contributed by atoms with Gasteiger partial charge in [0.2, 0.25) is 11.7 Å². The molecule has 7 heteroatoms. The number of rotatable bonds is 3. The second kappa shape index (κ2) is 4.71. The third kappa shape index (κ3) is 2.64. The summed E-state index contributed by atoms with van der Waals surface area (Å²) in [5, 5.41) is 16.3. The molecule has 88 valence electrons. The normalized spacial score (nSPS) is 12.1. The lowest BCUT2D eigenvalue weighted by Crippen LogP contribution is -2.32. The number of hydrogen-bond acceptors (Lipinski definition) is 5. The number of aromatic nitrogens is 4. The average molecular weight is 232 g/mol. The first-order valence-corrected chi connectivity index (χ1v) is 5.07. The fourth-order valence-corrected chi connectivity index (χ4v) is 1.28. The monoisotopic (exact) mass is 232 g/mol. The molecule has 1 amide bonds. The highest BCUT2D eigenvalue weighted by molar-refractivity contribution is 5.94. The predicted molar refractivity (Wildman–Crippen MR) is 61.9 cm³/mol. The van der Waals surface area contributed by atoms with Gasteiger partial charge < -0.3 is 11.1 Å². The second-order valence-corrected chi connectivity index (χ2v) is 3.59. The largest absolute Gasteiger partial charge is 0.325 e. The zero-order valence-corrected chi connectivity index (χ0v) is 9.21.